The van der Waals surface area contributed by atoms with E-state index in [1.807, 2.05) is 30.9 Å². The molecule has 1 aromatic heterocycles. The van der Waals surface area contributed by atoms with E-state index in [0.29, 0.717) is 18.7 Å². The molecule has 0 N–H and O–H groups in total. The number of nitrogens with zero attached hydrogens (tertiary/aromatic N) is 2. The minimum Gasteiger partial charge on any atom is -0.497 e. The van der Waals surface area contributed by atoms with Crippen molar-refractivity contribution >= 4 is 27.3 Å². The first-order valence-electron chi connectivity index (χ1n) is 11.8. The largest absolute Gasteiger partial charge is 0.497 e. The molecule has 0 aliphatic carbocycles. The van der Waals surface area contributed by atoms with Gasteiger partial charge in [0.2, 0.25) is 15.9 Å². The van der Waals surface area contributed by atoms with Gasteiger partial charge in [0.15, 0.2) is 0 Å². The molecule has 0 bridgehead atoms. The summed E-state index contributed by atoms with van der Waals surface area (Å²) in [6.07, 6.45) is 1.37. The number of ether oxygens (including phenoxy) is 1. The zero-order chi connectivity index (χ0) is 25.2. The van der Waals surface area contributed by atoms with Gasteiger partial charge in [0.1, 0.15) is 5.75 Å². The van der Waals surface area contributed by atoms with Crippen molar-refractivity contribution < 1.29 is 17.9 Å². The van der Waals surface area contributed by atoms with Crippen molar-refractivity contribution in [2.45, 2.75) is 50.6 Å². The van der Waals surface area contributed by atoms with Gasteiger partial charge in [-0.3, -0.25) is 4.79 Å². The quantitative estimate of drug-likeness (QED) is 0.425. The molecule has 0 fully saturated rings. The van der Waals surface area contributed by atoms with Crippen LogP contribution in [0.3, 0.4) is 0 Å². The number of methoxy groups -OCH3 is 1. The molecule has 6 nitrogen and oxygen atoms in total. The van der Waals surface area contributed by atoms with Crippen LogP contribution in [0.1, 0.15) is 47.9 Å². The van der Waals surface area contributed by atoms with Crippen molar-refractivity contribution in [2.24, 2.45) is 0 Å². The second kappa shape index (κ2) is 10.5. The Bertz CT molecular complexity index is 1280. The number of rotatable bonds is 8. The van der Waals surface area contributed by atoms with Crippen LogP contribution in [0.15, 0.2) is 64.9 Å². The lowest BCUT2D eigenvalue weighted by molar-refractivity contribution is -0.133. The summed E-state index contributed by atoms with van der Waals surface area (Å²) < 4.78 is 33.8. The Labute approximate surface area is 212 Å². The van der Waals surface area contributed by atoms with E-state index in [4.69, 9.17) is 4.74 Å². The number of aryl methyl sites for hydroxylation is 1. The summed E-state index contributed by atoms with van der Waals surface area (Å²) in [6, 6.07) is 16.0. The summed E-state index contributed by atoms with van der Waals surface area (Å²) in [5.74, 6) is 0.392. The molecule has 1 aliphatic rings. The molecule has 0 radical (unpaired) electrons. The molecule has 8 heteroatoms. The summed E-state index contributed by atoms with van der Waals surface area (Å²) in [7, 11) is -2.34. The lowest BCUT2D eigenvalue weighted by Gasteiger charge is -2.38. The fraction of sp³-hybridized carbons (Fsp3) is 0.370. The van der Waals surface area contributed by atoms with Crippen molar-refractivity contribution in [3.63, 3.8) is 0 Å². The molecule has 186 valence electrons. The monoisotopic (exact) mass is 512 g/mol. The average Bonchev–Trinajstić information content (AvgIpc) is 3.35. The third-order valence-corrected chi connectivity index (χ3v) is 9.78. The van der Waals surface area contributed by atoms with Gasteiger partial charge in [-0.05, 0) is 79.1 Å². The Hall–Kier alpha value is -2.68. The second-order valence-corrected chi connectivity index (χ2v) is 11.8. The van der Waals surface area contributed by atoms with Crippen LogP contribution in [0.25, 0.3) is 0 Å². The van der Waals surface area contributed by atoms with Gasteiger partial charge >= 0.3 is 0 Å². The summed E-state index contributed by atoms with van der Waals surface area (Å²) in [5.41, 5.74) is 3.32. The van der Waals surface area contributed by atoms with Gasteiger partial charge in [-0.2, -0.15) is 4.31 Å². The van der Waals surface area contributed by atoms with E-state index in [1.54, 1.807) is 23.5 Å². The number of benzene rings is 2. The van der Waals surface area contributed by atoms with Crippen LogP contribution >= 0.6 is 11.3 Å². The number of carbonyl (C=O) groups excluding carboxylic acids is 1. The predicted octanol–water partition coefficient (Wildman–Crippen LogP) is 5.03. The number of sulfonamides is 1. The molecule has 4 rings (SSSR count). The van der Waals surface area contributed by atoms with Gasteiger partial charge in [0.05, 0.1) is 24.6 Å². The standard InChI is InChI=1S/C27H32N2O4S2/c1-5-20(3)29(35(31,32)22-12-10-21(33-4)11-13-22)18-26(30)28-16-14-25-24(15-17-34-25)27(28)23-9-7-6-8-19(23)2/h6-13,15,17,20,27H,5,14,16,18H2,1-4H3. The van der Waals surface area contributed by atoms with E-state index in [0.717, 1.165) is 23.1 Å². The van der Waals surface area contributed by atoms with Crippen LogP contribution in [0, 0.1) is 6.92 Å². The molecule has 0 spiro atoms. The normalized spacial score (nSPS) is 16.7. The molecule has 0 saturated heterocycles. The maximum atomic E-state index is 13.8. The van der Waals surface area contributed by atoms with Gasteiger partial charge in [-0.25, -0.2) is 8.42 Å². The van der Waals surface area contributed by atoms with Crippen molar-refractivity contribution in [3.05, 3.63) is 81.5 Å². The smallest absolute Gasteiger partial charge is 0.243 e. The van der Waals surface area contributed by atoms with E-state index >= 15 is 0 Å². The van der Waals surface area contributed by atoms with Crippen LogP contribution in [0.5, 0.6) is 5.75 Å². The van der Waals surface area contributed by atoms with Crippen LogP contribution in [-0.2, 0) is 21.2 Å². The van der Waals surface area contributed by atoms with Gasteiger partial charge in [-0.1, -0.05) is 31.2 Å². The molecular formula is C27H32N2O4S2. The molecule has 1 amide bonds. The van der Waals surface area contributed by atoms with Crippen LogP contribution in [0.2, 0.25) is 0 Å². The summed E-state index contributed by atoms with van der Waals surface area (Å²) >= 11 is 1.72. The number of hydrogen-bond donors (Lipinski definition) is 0. The molecule has 2 atom stereocenters. The third kappa shape index (κ3) is 5.01. The minimum absolute atomic E-state index is 0.153. The first-order valence-corrected chi connectivity index (χ1v) is 14.2. The molecular weight excluding hydrogens is 480 g/mol. The van der Waals surface area contributed by atoms with E-state index in [2.05, 4.69) is 30.5 Å². The highest BCUT2D eigenvalue weighted by Gasteiger charge is 2.37. The van der Waals surface area contributed by atoms with Gasteiger partial charge in [-0.15, -0.1) is 11.3 Å². The van der Waals surface area contributed by atoms with E-state index in [1.165, 1.54) is 28.4 Å². The zero-order valence-corrected chi connectivity index (χ0v) is 22.2. The Morgan fingerprint density at radius 3 is 2.51 bits per heavy atom. The number of carbonyl (C=O) groups is 1. The van der Waals surface area contributed by atoms with Gasteiger partial charge < -0.3 is 9.64 Å². The number of amides is 1. The Balaban J connectivity index is 1.68. The van der Waals surface area contributed by atoms with Crippen LogP contribution < -0.4 is 4.74 Å². The minimum atomic E-state index is -3.88. The SMILES string of the molecule is CCC(C)N(CC(=O)N1CCc2sccc2C1c1ccccc1C)S(=O)(=O)c1ccc(OC)cc1. The maximum Gasteiger partial charge on any atom is 0.243 e. The Morgan fingerprint density at radius 1 is 1.14 bits per heavy atom. The van der Waals surface area contributed by atoms with Crippen LogP contribution in [-0.4, -0.2) is 49.8 Å². The lowest BCUT2D eigenvalue weighted by atomic mass is 9.90. The molecule has 3 aromatic rings. The Morgan fingerprint density at radius 2 is 1.86 bits per heavy atom. The third-order valence-electron chi connectivity index (χ3n) is 6.81. The van der Waals surface area contributed by atoms with Crippen molar-refractivity contribution in [3.8, 4) is 5.75 Å². The number of fused-ring (bicyclic) bond motifs is 1. The topological polar surface area (TPSA) is 66.9 Å². The molecule has 2 unspecified atom stereocenters. The van der Waals surface area contributed by atoms with Crippen molar-refractivity contribution in [1.82, 2.24) is 9.21 Å². The molecule has 1 aliphatic heterocycles. The first-order chi connectivity index (χ1) is 16.8. The maximum absolute atomic E-state index is 13.8. The summed E-state index contributed by atoms with van der Waals surface area (Å²) in [6.45, 7) is 6.19. The summed E-state index contributed by atoms with van der Waals surface area (Å²) in [4.78, 5) is 17.1. The fourth-order valence-corrected chi connectivity index (χ4v) is 7.16. The molecule has 2 heterocycles. The summed E-state index contributed by atoms with van der Waals surface area (Å²) in [5, 5.41) is 2.07. The number of thiophene rings is 1. The van der Waals surface area contributed by atoms with Crippen molar-refractivity contribution in [1.29, 1.82) is 0 Å². The lowest BCUT2D eigenvalue weighted by Crippen LogP contribution is -2.49. The van der Waals surface area contributed by atoms with Gasteiger partial charge in [0.25, 0.3) is 0 Å². The first kappa shape index (κ1) is 25.4. The fourth-order valence-electron chi connectivity index (χ4n) is 4.60. The molecule has 2 aromatic carbocycles. The highest BCUT2D eigenvalue weighted by molar-refractivity contribution is 7.89. The second-order valence-electron chi connectivity index (χ2n) is 8.88. The number of hydrogen-bond acceptors (Lipinski definition) is 5. The highest BCUT2D eigenvalue weighted by atomic mass is 32.2. The van der Waals surface area contributed by atoms with Gasteiger partial charge in [0, 0.05) is 17.5 Å². The highest BCUT2D eigenvalue weighted by Crippen LogP contribution is 2.39. The van der Waals surface area contributed by atoms with Crippen molar-refractivity contribution in [2.75, 3.05) is 20.2 Å². The average molecular weight is 513 g/mol. The van der Waals surface area contributed by atoms with E-state index in [-0.39, 0.29) is 29.4 Å². The van der Waals surface area contributed by atoms with E-state index in [9.17, 15) is 13.2 Å². The predicted molar refractivity (Wildman–Crippen MR) is 139 cm³/mol. The molecule has 0 saturated carbocycles. The molecule has 35 heavy (non-hydrogen) atoms. The zero-order valence-electron chi connectivity index (χ0n) is 20.6. The van der Waals surface area contributed by atoms with E-state index < -0.39 is 10.0 Å². The Kier molecular flexibility index (Phi) is 7.64. The van der Waals surface area contributed by atoms with Crippen LogP contribution in [0.4, 0.5) is 0 Å².